The summed E-state index contributed by atoms with van der Waals surface area (Å²) in [6.07, 6.45) is 0. The van der Waals surface area contributed by atoms with Crippen molar-refractivity contribution in [3.05, 3.63) is 70.8 Å². The van der Waals surface area contributed by atoms with Crippen LogP contribution in [0.3, 0.4) is 0 Å². The average molecular weight is 262 g/mol. The first-order valence-electron chi connectivity index (χ1n) is 6.45. The van der Waals surface area contributed by atoms with Crippen LogP contribution in [0.25, 0.3) is 11.3 Å². The molecule has 0 amide bonds. The summed E-state index contributed by atoms with van der Waals surface area (Å²) in [6, 6.07) is 17.7. The third-order valence-corrected chi connectivity index (χ3v) is 3.48. The van der Waals surface area contributed by atoms with E-state index in [-0.39, 0.29) is 0 Å². The Bertz CT molecular complexity index is 712. The van der Waals surface area contributed by atoms with Crippen LogP contribution >= 0.6 is 0 Å². The van der Waals surface area contributed by atoms with Crippen LogP contribution in [-0.2, 0) is 18.0 Å². The fourth-order valence-corrected chi connectivity index (χ4v) is 2.37. The van der Waals surface area contributed by atoms with Crippen molar-refractivity contribution in [2.75, 3.05) is 0 Å². The van der Waals surface area contributed by atoms with Gasteiger partial charge in [0.25, 0.3) is 0 Å². The number of nitrogens with two attached hydrogens (primary N) is 1. The van der Waals surface area contributed by atoms with Crippen molar-refractivity contribution >= 4 is 11.3 Å². The summed E-state index contributed by atoms with van der Waals surface area (Å²) in [6.45, 7) is 1.27. The van der Waals surface area contributed by atoms with Gasteiger partial charge in [0.05, 0.1) is 24.5 Å². The van der Waals surface area contributed by atoms with E-state index in [1.807, 2.05) is 48.5 Å². The first-order valence-corrected chi connectivity index (χ1v) is 6.45. The standard InChI is InChI=1S/C17H14N2O/c18-9-16(12-4-2-1-3-5-12)17(19)13-6-7-14-10-20-11-15(14)8-13/h1-8H,10-11,19H2/b17-16-. The van der Waals surface area contributed by atoms with Gasteiger partial charge < -0.3 is 10.5 Å². The van der Waals surface area contributed by atoms with E-state index in [2.05, 4.69) is 6.07 Å². The summed E-state index contributed by atoms with van der Waals surface area (Å²) in [5, 5.41) is 9.39. The van der Waals surface area contributed by atoms with Gasteiger partial charge in [-0.25, -0.2) is 0 Å². The highest BCUT2D eigenvalue weighted by atomic mass is 16.5. The zero-order valence-corrected chi connectivity index (χ0v) is 11.0. The van der Waals surface area contributed by atoms with Gasteiger partial charge >= 0.3 is 0 Å². The monoisotopic (exact) mass is 262 g/mol. The van der Waals surface area contributed by atoms with E-state index < -0.39 is 0 Å². The molecule has 0 saturated heterocycles. The summed E-state index contributed by atoms with van der Waals surface area (Å²) < 4.78 is 5.40. The number of hydrogen-bond acceptors (Lipinski definition) is 3. The molecular formula is C17H14N2O. The Morgan fingerprint density at radius 2 is 1.75 bits per heavy atom. The number of benzene rings is 2. The molecule has 1 heterocycles. The Morgan fingerprint density at radius 1 is 1.00 bits per heavy atom. The third-order valence-electron chi connectivity index (χ3n) is 3.48. The quantitative estimate of drug-likeness (QED) is 0.668. The van der Waals surface area contributed by atoms with Crippen LogP contribution in [0.1, 0.15) is 22.3 Å². The summed E-state index contributed by atoms with van der Waals surface area (Å²) in [5.74, 6) is 0. The minimum absolute atomic E-state index is 0.504. The first kappa shape index (κ1) is 12.5. The van der Waals surface area contributed by atoms with E-state index in [1.54, 1.807) is 0 Å². The van der Waals surface area contributed by atoms with Gasteiger partial charge in [-0.1, -0.05) is 42.5 Å². The summed E-state index contributed by atoms with van der Waals surface area (Å²) in [7, 11) is 0. The molecule has 0 spiro atoms. The number of nitriles is 1. The summed E-state index contributed by atoms with van der Waals surface area (Å²) >= 11 is 0. The highest BCUT2D eigenvalue weighted by molar-refractivity contribution is 5.96. The van der Waals surface area contributed by atoms with Crippen molar-refractivity contribution < 1.29 is 4.74 Å². The second-order valence-electron chi connectivity index (χ2n) is 4.74. The number of hydrogen-bond donors (Lipinski definition) is 1. The molecule has 0 saturated carbocycles. The second kappa shape index (κ2) is 5.20. The van der Waals surface area contributed by atoms with Crippen molar-refractivity contribution in [1.29, 1.82) is 5.26 Å². The Morgan fingerprint density at radius 3 is 2.50 bits per heavy atom. The number of fused-ring (bicyclic) bond motifs is 1. The fraction of sp³-hybridized carbons (Fsp3) is 0.118. The van der Waals surface area contributed by atoms with Crippen molar-refractivity contribution in [2.24, 2.45) is 5.73 Å². The molecule has 0 aromatic heterocycles. The zero-order valence-electron chi connectivity index (χ0n) is 11.0. The molecule has 98 valence electrons. The molecule has 2 aromatic rings. The van der Waals surface area contributed by atoms with Crippen LogP contribution in [0.15, 0.2) is 48.5 Å². The molecule has 0 unspecified atom stereocenters. The van der Waals surface area contributed by atoms with Crippen LogP contribution in [-0.4, -0.2) is 0 Å². The van der Waals surface area contributed by atoms with Gasteiger partial charge in [-0.2, -0.15) is 5.26 Å². The Balaban J connectivity index is 2.08. The fourth-order valence-electron chi connectivity index (χ4n) is 2.37. The Labute approximate surface area is 117 Å². The maximum Gasteiger partial charge on any atom is 0.102 e. The predicted octanol–water partition coefficient (Wildman–Crippen LogP) is 3.07. The lowest BCUT2D eigenvalue weighted by Crippen LogP contribution is -2.01. The lowest BCUT2D eigenvalue weighted by Gasteiger charge is -2.08. The maximum absolute atomic E-state index is 9.39. The lowest BCUT2D eigenvalue weighted by molar-refractivity contribution is 0.134. The van der Waals surface area contributed by atoms with Gasteiger partial charge in [-0.05, 0) is 28.3 Å². The van der Waals surface area contributed by atoms with E-state index in [4.69, 9.17) is 10.5 Å². The van der Waals surface area contributed by atoms with E-state index in [9.17, 15) is 5.26 Å². The van der Waals surface area contributed by atoms with E-state index in [0.29, 0.717) is 24.5 Å². The Hall–Kier alpha value is -2.57. The van der Waals surface area contributed by atoms with Crippen molar-refractivity contribution in [1.82, 2.24) is 0 Å². The van der Waals surface area contributed by atoms with E-state index in [0.717, 1.165) is 16.7 Å². The van der Waals surface area contributed by atoms with Crippen molar-refractivity contribution in [3.8, 4) is 6.07 Å². The molecule has 0 atom stereocenters. The van der Waals surface area contributed by atoms with Gasteiger partial charge in [0.1, 0.15) is 6.07 Å². The van der Waals surface area contributed by atoms with E-state index >= 15 is 0 Å². The van der Waals surface area contributed by atoms with Crippen LogP contribution in [0.4, 0.5) is 0 Å². The van der Waals surface area contributed by atoms with Crippen LogP contribution < -0.4 is 5.73 Å². The normalized spacial score (nSPS) is 14.3. The van der Waals surface area contributed by atoms with Crippen LogP contribution in [0, 0.1) is 11.3 Å². The van der Waals surface area contributed by atoms with Gasteiger partial charge in [0, 0.05) is 0 Å². The molecule has 3 heteroatoms. The maximum atomic E-state index is 9.39. The van der Waals surface area contributed by atoms with Gasteiger partial charge in [0.15, 0.2) is 0 Å². The molecule has 0 aliphatic carbocycles. The highest BCUT2D eigenvalue weighted by Gasteiger charge is 2.14. The topological polar surface area (TPSA) is 59.0 Å². The second-order valence-corrected chi connectivity index (χ2v) is 4.74. The first-order chi connectivity index (χ1) is 9.79. The minimum Gasteiger partial charge on any atom is -0.397 e. The molecule has 3 rings (SSSR count). The predicted molar refractivity (Wildman–Crippen MR) is 78.0 cm³/mol. The van der Waals surface area contributed by atoms with Gasteiger partial charge in [0.2, 0.25) is 0 Å². The summed E-state index contributed by atoms with van der Waals surface area (Å²) in [4.78, 5) is 0. The Kier molecular flexibility index (Phi) is 3.24. The molecule has 0 radical (unpaired) electrons. The smallest absolute Gasteiger partial charge is 0.102 e. The molecule has 3 nitrogen and oxygen atoms in total. The number of rotatable bonds is 2. The number of ether oxygens (including phenoxy) is 1. The van der Waals surface area contributed by atoms with Gasteiger partial charge in [-0.15, -0.1) is 0 Å². The highest BCUT2D eigenvalue weighted by Crippen LogP contribution is 2.26. The molecule has 2 N–H and O–H groups in total. The SMILES string of the molecule is N#C/C(=C(/N)c1ccc2c(c1)COC2)c1ccccc1. The van der Waals surface area contributed by atoms with Crippen molar-refractivity contribution in [3.63, 3.8) is 0 Å². The molecule has 0 fully saturated rings. The van der Waals surface area contributed by atoms with Crippen molar-refractivity contribution in [2.45, 2.75) is 13.2 Å². The number of allylic oxidation sites excluding steroid dienone is 1. The minimum atomic E-state index is 0.504. The molecular weight excluding hydrogens is 248 g/mol. The zero-order chi connectivity index (χ0) is 13.9. The average Bonchev–Trinajstić information content (AvgIpc) is 2.96. The van der Waals surface area contributed by atoms with Gasteiger partial charge in [-0.3, -0.25) is 0 Å². The summed E-state index contributed by atoms with van der Waals surface area (Å²) in [5.41, 5.74) is 11.3. The van der Waals surface area contributed by atoms with Crippen LogP contribution in [0.5, 0.6) is 0 Å². The third kappa shape index (κ3) is 2.18. The lowest BCUT2D eigenvalue weighted by atomic mass is 9.98. The largest absolute Gasteiger partial charge is 0.397 e. The molecule has 1 aliphatic rings. The van der Waals surface area contributed by atoms with E-state index in [1.165, 1.54) is 5.56 Å². The molecule has 1 aliphatic heterocycles. The molecule has 2 aromatic carbocycles. The van der Waals surface area contributed by atoms with Crippen LogP contribution in [0.2, 0.25) is 0 Å². The number of nitrogens with zero attached hydrogens (tertiary/aromatic N) is 1. The molecule has 20 heavy (non-hydrogen) atoms. The molecule has 0 bridgehead atoms.